The van der Waals surface area contributed by atoms with Crippen LogP contribution in [-0.2, 0) is 6.54 Å². The third kappa shape index (κ3) is 5.07. The Balaban J connectivity index is 2.17. The molecule has 1 aliphatic rings. The Morgan fingerprint density at radius 2 is 2.04 bits per heavy atom. The SMILES string of the molecule is CCCCCn1nc(C(=O)NC(C)(C)CO)cc1C1CCCCC1. The Kier molecular flexibility index (Phi) is 6.84. The first kappa shape index (κ1) is 19.0. The fraction of sp³-hybridized carbons (Fsp3) is 0.789. The van der Waals surface area contributed by atoms with Gasteiger partial charge in [-0.3, -0.25) is 9.48 Å². The molecule has 1 aromatic rings. The van der Waals surface area contributed by atoms with Crippen LogP contribution in [0.25, 0.3) is 0 Å². The highest BCUT2D eigenvalue weighted by molar-refractivity contribution is 5.92. The summed E-state index contributed by atoms with van der Waals surface area (Å²) in [5.74, 6) is 0.334. The van der Waals surface area contributed by atoms with Crippen LogP contribution in [0.2, 0.25) is 0 Å². The maximum Gasteiger partial charge on any atom is 0.272 e. The van der Waals surface area contributed by atoms with Crippen molar-refractivity contribution in [3.05, 3.63) is 17.5 Å². The molecule has 1 aromatic heterocycles. The van der Waals surface area contributed by atoms with E-state index in [-0.39, 0.29) is 12.5 Å². The second kappa shape index (κ2) is 8.65. The van der Waals surface area contributed by atoms with Crippen molar-refractivity contribution in [2.75, 3.05) is 6.61 Å². The monoisotopic (exact) mass is 335 g/mol. The molecule has 0 saturated heterocycles. The number of aromatic nitrogens is 2. The molecule has 1 saturated carbocycles. The third-order valence-corrected chi connectivity index (χ3v) is 4.89. The number of nitrogens with one attached hydrogen (secondary N) is 1. The largest absolute Gasteiger partial charge is 0.394 e. The van der Waals surface area contributed by atoms with Crippen molar-refractivity contribution in [1.82, 2.24) is 15.1 Å². The van der Waals surface area contributed by atoms with E-state index in [1.807, 2.05) is 19.9 Å². The average Bonchev–Trinajstić information content (AvgIpc) is 3.00. The van der Waals surface area contributed by atoms with E-state index in [0.717, 1.165) is 13.0 Å². The van der Waals surface area contributed by atoms with Crippen LogP contribution in [0.5, 0.6) is 0 Å². The minimum atomic E-state index is -0.631. The number of amides is 1. The van der Waals surface area contributed by atoms with Crippen LogP contribution in [0.4, 0.5) is 0 Å². The topological polar surface area (TPSA) is 67.2 Å². The predicted octanol–water partition coefficient (Wildman–Crippen LogP) is 3.62. The van der Waals surface area contributed by atoms with E-state index in [4.69, 9.17) is 0 Å². The number of aliphatic hydroxyl groups excluding tert-OH is 1. The van der Waals surface area contributed by atoms with E-state index in [2.05, 4.69) is 22.0 Å². The Bertz CT molecular complexity index is 531. The van der Waals surface area contributed by atoms with Gasteiger partial charge in [-0.25, -0.2) is 0 Å². The molecular weight excluding hydrogens is 302 g/mol. The van der Waals surface area contributed by atoms with E-state index in [1.165, 1.54) is 50.6 Å². The first-order valence-electron chi connectivity index (χ1n) is 9.48. The lowest BCUT2D eigenvalue weighted by molar-refractivity contribution is 0.0863. The molecule has 5 heteroatoms. The van der Waals surface area contributed by atoms with E-state index in [1.54, 1.807) is 0 Å². The summed E-state index contributed by atoms with van der Waals surface area (Å²) >= 11 is 0. The van der Waals surface area contributed by atoms with Crippen molar-refractivity contribution < 1.29 is 9.90 Å². The number of carbonyl (C=O) groups excluding carboxylic acids is 1. The summed E-state index contributed by atoms with van der Waals surface area (Å²) in [6.45, 7) is 6.61. The van der Waals surface area contributed by atoms with Crippen molar-refractivity contribution >= 4 is 5.91 Å². The zero-order valence-electron chi connectivity index (χ0n) is 15.5. The normalized spacial score (nSPS) is 16.3. The van der Waals surface area contributed by atoms with Crippen LogP contribution in [0.15, 0.2) is 6.07 Å². The molecule has 1 fully saturated rings. The molecule has 0 aromatic carbocycles. The Hall–Kier alpha value is -1.36. The molecule has 0 atom stereocenters. The number of hydrogen-bond donors (Lipinski definition) is 2. The molecule has 5 nitrogen and oxygen atoms in total. The molecule has 1 aliphatic carbocycles. The number of carbonyl (C=O) groups is 1. The summed E-state index contributed by atoms with van der Waals surface area (Å²) in [7, 11) is 0. The van der Waals surface area contributed by atoms with Crippen molar-refractivity contribution in [1.29, 1.82) is 0 Å². The van der Waals surface area contributed by atoms with Crippen molar-refractivity contribution in [3.8, 4) is 0 Å². The quantitative estimate of drug-likeness (QED) is 0.713. The summed E-state index contributed by atoms with van der Waals surface area (Å²) in [6, 6.07) is 1.98. The standard InChI is InChI=1S/C19H33N3O2/c1-4-5-9-12-22-17(15-10-7-6-8-11-15)13-16(21-22)18(24)20-19(2,3)14-23/h13,15,23H,4-12,14H2,1-3H3,(H,20,24). The van der Waals surface area contributed by atoms with Crippen LogP contribution in [0.1, 0.15) is 94.2 Å². The average molecular weight is 335 g/mol. The predicted molar refractivity (Wildman–Crippen MR) is 96.2 cm³/mol. The molecule has 0 unspecified atom stereocenters. The first-order valence-corrected chi connectivity index (χ1v) is 9.48. The van der Waals surface area contributed by atoms with E-state index in [9.17, 15) is 9.90 Å². The lowest BCUT2D eigenvalue weighted by atomic mass is 9.86. The molecule has 1 amide bonds. The van der Waals surface area contributed by atoms with E-state index >= 15 is 0 Å². The smallest absolute Gasteiger partial charge is 0.272 e. The summed E-state index contributed by atoms with van der Waals surface area (Å²) in [5, 5.41) is 16.8. The van der Waals surface area contributed by atoms with Gasteiger partial charge in [0.25, 0.3) is 5.91 Å². The van der Waals surface area contributed by atoms with Gasteiger partial charge in [-0.1, -0.05) is 39.0 Å². The molecular formula is C19H33N3O2. The van der Waals surface area contributed by atoms with Crippen molar-refractivity contribution in [2.45, 2.75) is 90.1 Å². The third-order valence-electron chi connectivity index (χ3n) is 4.89. The van der Waals surface area contributed by atoms with Crippen LogP contribution >= 0.6 is 0 Å². The van der Waals surface area contributed by atoms with Crippen LogP contribution in [-0.4, -0.2) is 32.9 Å². The molecule has 0 bridgehead atoms. The zero-order chi connectivity index (χ0) is 17.6. The molecule has 0 spiro atoms. The molecule has 1 heterocycles. The molecule has 24 heavy (non-hydrogen) atoms. The number of rotatable bonds is 8. The molecule has 2 rings (SSSR count). The summed E-state index contributed by atoms with van der Waals surface area (Å²) in [5.41, 5.74) is 1.07. The molecule has 2 N–H and O–H groups in total. The Morgan fingerprint density at radius 1 is 1.33 bits per heavy atom. The summed E-state index contributed by atoms with van der Waals surface area (Å²) in [6.07, 6.45) is 9.71. The highest BCUT2D eigenvalue weighted by Crippen LogP contribution is 2.33. The minimum Gasteiger partial charge on any atom is -0.394 e. The highest BCUT2D eigenvalue weighted by Gasteiger charge is 2.25. The summed E-state index contributed by atoms with van der Waals surface area (Å²) < 4.78 is 2.06. The van der Waals surface area contributed by atoms with Crippen LogP contribution in [0, 0.1) is 0 Å². The Morgan fingerprint density at radius 3 is 2.67 bits per heavy atom. The van der Waals surface area contributed by atoms with Gasteiger partial charge in [0, 0.05) is 18.2 Å². The van der Waals surface area contributed by atoms with Crippen molar-refractivity contribution in [2.24, 2.45) is 0 Å². The highest BCUT2D eigenvalue weighted by atomic mass is 16.3. The maximum absolute atomic E-state index is 12.5. The fourth-order valence-corrected chi connectivity index (χ4v) is 3.37. The van der Waals surface area contributed by atoms with Gasteiger partial charge in [0.05, 0.1) is 12.1 Å². The van der Waals surface area contributed by atoms with Crippen molar-refractivity contribution in [3.63, 3.8) is 0 Å². The fourth-order valence-electron chi connectivity index (χ4n) is 3.37. The Labute approximate surface area is 145 Å². The van der Waals surface area contributed by atoms with Gasteiger partial charge in [-0.15, -0.1) is 0 Å². The molecule has 0 radical (unpaired) electrons. The number of aryl methyl sites for hydroxylation is 1. The number of unbranched alkanes of at least 4 members (excludes halogenated alkanes) is 2. The van der Waals surface area contributed by atoms with Crippen LogP contribution < -0.4 is 5.32 Å². The molecule has 136 valence electrons. The number of nitrogens with zero attached hydrogens (tertiary/aromatic N) is 2. The van der Waals surface area contributed by atoms with Gasteiger partial charge in [0.15, 0.2) is 0 Å². The van der Waals surface area contributed by atoms with Gasteiger partial charge in [0.1, 0.15) is 5.69 Å². The minimum absolute atomic E-state index is 0.0918. The van der Waals surface area contributed by atoms with Crippen LogP contribution in [0.3, 0.4) is 0 Å². The van der Waals surface area contributed by atoms with E-state index in [0.29, 0.717) is 11.6 Å². The second-order valence-electron chi connectivity index (χ2n) is 7.72. The second-order valence-corrected chi connectivity index (χ2v) is 7.72. The number of hydrogen-bond acceptors (Lipinski definition) is 3. The molecule has 0 aliphatic heterocycles. The lowest BCUT2D eigenvalue weighted by Gasteiger charge is -2.22. The lowest BCUT2D eigenvalue weighted by Crippen LogP contribution is -2.46. The zero-order valence-corrected chi connectivity index (χ0v) is 15.5. The number of aliphatic hydroxyl groups is 1. The van der Waals surface area contributed by atoms with Gasteiger partial charge < -0.3 is 10.4 Å². The van der Waals surface area contributed by atoms with E-state index < -0.39 is 5.54 Å². The van der Waals surface area contributed by atoms with Gasteiger partial charge in [-0.05, 0) is 39.2 Å². The summed E-state index contributed by atoms with van der Waals surface area (Å²) in [4.78, 5) is 12.5. The maximum atomic E-state index is 12.5. The van der Waals surface area contributed by atoms with Gasteiger partial charge in [-0.2, -0.15) is 5.10 Å². The first-order chi connectivity index (χ1) is 11.5. The van der Waals surface area contributed by atoms with Gasteiger partial charge >= 0.3 is 0 Å². The van der Waals surface area contributed by atoms with Gasteiger partial charge in [0.2, 0.25) is 0 Å².